The van der Waals surface area contributed by atoms with E-state index in [1.807, 2.05) is 61.9 Å². The van der Waals surface area contributed by atoms with Crippen LogP contribution < -0.4 is 5.73 Å². The molecule has 0 radical (unpaired) electrons. The number of aromatic nitrogens is 1. The smallest absolute Gasteiger partial charge is 0.354 e. The Labute approximate surface area is 188 Å². The Morgan fingerprint density at radius 2 is 1.72 bits per heavy atom. The van der Waals surface area contributed by atoms with E-state index in [0.29, 0.717) is 12.1 Å². The van der Waals surface area contributed by atoms with Crippen molar-refractivity contribution in [2.75, 3.05) is 14.2 Å². The Hall–Kier alpha value is -3.80. The van der Waals surface area contributed by atoms with Gasteiger partial charge in [-0.3, -0.25) is 0 Å². The number of hydrogen-bond acceptors (Lipinski definition) is 4. The van der Waals surface area contributed by atoms with E-state index in [9.17, 15) is 4.79 Å². The molecule has 0 aliphatic heterocycles. The van der Waals surface area contributed by atoms with Gasteiger partial charge in [0.15, 0.2) is 5.84 Å². The highest BCUT2D eigenvalue weighted by molar-refractivity contribution is 6.04. The zero-order valence-electron chi connectivity index (χ0n) is 19.2. The second-order valence-electron chi connectivity index (χ2n) is 7.08. The highest BCUT2D eigenvalue weighted by atomic mass is 16.6. The maximum absolute atomic E-state index is 12.7. The second kappa shape index (κ2) is 10.0. The molecule has 6 nitrogen and oxygen atoms in total. The van der Waals surface area contributed by atoms with E-state index in [0.717, 1.165) is 38.4 Å². The molecule has 0 aliphatic rings. The first-order valence-corrected chi connectivity index (χ1v) is 10.6. The molecule has 0 saturated heterocycles. The van der Waals surface area contributed by atoms with E-state index < -0.39 is 0 Å². The standard InChI is InChI=1S/C24H23N3O3.C2H6/c1-27-21-12-11-17(23(25)26-30-3)14-19(21)20(22(27)24(28)29-2)13-16-9-6-8-15-7-4-5-10-18(15)16;1-2/h4-12,14H,13H2,1-3H3,(H2,25,26);1-2H3. The van der Waals surface area contributed by atoms with Crippen LogP contribution >= 0.6 is 0 Å². The molecule has 4 rings (SSSR count). The highest BCUT2D eigenvalue weighted by Crippen LogP contribution is 2.31. The molecule has 166 valence electrons. The Bertz CT molecular complexity index is 1280. The van der Waals surface area contributed by atoms with Gasteiger partial charge in [-0.2, -0.15) is 0 Å². The van der Waals surface area contributed by atoms with Gasteiger partial charge in [-0.15, -0.1) is 0 Å². The molecule has 0 unspecified atom stereocenters. The minimum absolute atomic E-state index is 0.277. The van der Waals surface area contributed by atoms with Crippen molar-refractivity contribution in [3.63, 3.8) is 0 Å². The van der Waals surface area contributed by atoms with E-state index in [1.165, 1.54) is 14.2 Å². The predicted octanol–water partition coefficient (Wildman–Crippen LogP) is 5.00. The maximum Gasteiger partial charge on any atom is 0.354 e. The molecule has 0 spiro atoms. The Morgan fingerprint density at radius 1 is 1.00 bits per heavy atom. The number of carbonyl (C=O) groups is 1. The van der Waals surface area contributed by atoms with Crippen LogP contribution in [0.25, 0.3) is 21.7 Å². The molecule has 0 aliphatic carbocycles. The fourth-order valence-electron chi connectivity index (χ4n) is 4.00. The number of benzene rings is 3. The number of carbonyl (C=O) groups excluding carboxylic acids is 1. The highest BCUT2D eigenvalue weighted by Gasteiger charge is 2.23. The van der Waals surface area contributed by atoms with Crippen molar-refractivity contribution < 1.29 is 14.4 Å². The molecule has 32 heavy (non-hydrogen) atoms. The van der Waals surface area contributed by atoms with Gasteiger partial charge < -0.3 is 19.9 Å². The number of esters is 1. The third-order valence-corrected chi connectivity index (χ3v) is 5.42. The molecule has 1 heterocycles. The number of hydrogen-bond donors (Lipinski definition) is 1. The van der Waals surface area contributed by atoms with Crippen molar-refractivity contribution in [1.82, 2.24) is 4.57 Å². The molecule has 3 aromatic carbocycles. The van der Waals surface area contributed by atoms with Gasteiger partial charge in [0.2, 0.25) is 0 Å². The quantitative estimate of drug-likeness (QED) is 0.209. The lowest BCUT2D eigenvalue weighted by atomic mass is 9.96. The van der Waals surface area contributed by atoms with Crippen molar-refractivity contribution in [3.8, 4) is 0 Å². The Balaban J connectivity index is 0.00000141. The van der Waals surface area contributed by atoms with Crippen LogP contribution in [0, 0.1) is 0 Å². The molecule has 0 atom stereocenters. The van der Waals surface area contributed by atoms with Gasteiger partial charge in [0.25, 0.3) is 0 Å². The molecular formula is C26H29N3O3. The van der Waals surface area contributed by atoms with Crippen LogP contribution in [0.1, 0.15) is 41.0 Å². The van der Waals surface area contributed by atoms with E-state index in [4.69, 9.17) is 15.3 Å². The van der Waals surface area contributed by atoms with Gasteiger partial charge in [0.05, 0.1) is 7.11 Å². The van der Waals surface area contributed by atoms with Crippen molar-refractivity contribution in [2.45, 2.75) is 20.3 Å². The molecule has 0 saturated carbocycles. The third kappa shape index (κ3) is 4.17. The lowest BCUT2D eigenvalue weighted by molar-refractivity contribution is 0.0589. The summed E-state index contributed by atoms with van der Waals surface area (Å²) in [5.74, 6) is -0.0944. The number of amidine groups is 1. The first-order valence-electron chi connectivity index (χ1n) is 10.6. The van der Waals surface area contributed by atoms with Crippen molar-refractivity contribution in [1.29, 1.82) is 0 Å². The molecule has 1 aromatic heterocycles. The van der Waals surface area contributed by atoms with Gasteiger partial charge in [0, 0.05) is 29.9 Å². The predicted molar refractivity (Wildman–Crippen MR) is 130 cm³/mol. The number of fused-ring (bicyclic) bond motifs is 2. The average molecular weight is 432 g/mol. The molecule has 2 N–H and O–H groups in total. The zero-order valence-corrected chi connectivity index (χ0v) is 19.2. The molecule has 4 aromatic rings. The van der Waals surface area contributed by atoms with Gasteiger partial charge in [0.1, 0.15) is 12.8 Å². The van der Waals surface area contributed by atoms with Crippen LogP contribution in [0.4, 0.5) is 0 Å². The summed E-state index contributed by atoms with van der Waals surface area (Å²) in [5.41, 5.74) is 10.2. The molecule has 6 heteroatoms. The Morgan fingerprint density at radius 3 is 2.44 bits per heavy atom. The number of ether oxygens (including phenoxy) is 1. The van der Waals surface area contributed by atoms with E-state index in [1.54, 1.807) is 0 Å². The largest absolute Gasteiger partial charge is 0.464 e. The van der Waals surface area contributed by atoms with Gasteiger partial charge in [-0.05, 0) is 40.1 Å². The summed E-state index contributed by atoms with van der Waals surface area (Å²) in [6, 6.07) is 20.2. The first-order chi connectivity index (χ1) is 15.5. The van der Waals surface area contributed by atoms with Crippen LogP contribution in [-0.2, 0) is 23.0 Å². The summed E-state index contributed by atoms with van der Waals surface area (Å²) >= 11 is 0. The zero-order chi connectivity index (χ0) is 23.3. The Kier molecular flexibility index (Phi) is 7.15. The number of nitrogens with zero attached hydrogens (tertiary/aromatic N) is 2. The van der Waals surface area contributed by atoms with Crippen molar-refractivity contribution >= 4 is 33.5 Å². The molecular weight excluding hydrogens is 402 g/mol. The summed E-state index contributed by atoms with van der Waals surface area (Å²) in [7, 11) is 4.72. The van der Waals surface area contributed by atoms with E-state index in [-0.39, 0.29) is 11.8 Å². The summed E-state index contributed by atoms with van der Waals surface area (Å²) in [4.78, 5) is 17.5. The SMILES string of the molecule is CC.CO/N=C(\N)c1ccc2c(c1)c(Cc1cccc3ccccc13)c(C(=O)OC)n2C. The fraction of sp³-hybridized carbons (Fsp3) is 0.231. The molecule has 0 amide bonds. The summed E-state index contributed by atoms with van der Waals surface area (Å²) in [6.45, 7) is 4.00. The number of oxime groups is 1. The fourth-order valence-corrected chi connectivity index (χ4v) is 4.00. The molecule has 0 fully saturated rings. The van der Waals surface area contributed by atoms with Crippen LogP contribution in [0.15, 0.2) is 65.8 Å². The van der Waals surface area contributed by atoms with E-state index in [2.05, 4.69) is 29.4 Å². The van der Waals surface area contributed by atoms with Crippen molar-refractivity contribution in [2.24, 2.45) is 17.9 Å². The number of methoxy groups -OCH3 is 1. The minimum atomic E-state index is -0.371. The lowest BCUT2D eigenvalue weighted by Gasteiger charge is -2.09. The first kappa shape index (κ1) is 22.9. The van der Waals surface area contributed by atoms with Gasteiger partial charge >= 0.3 is 5.97 Å². The van der Waals surface area contributed by atoms with E-state index >= 15 is 0 Å². The summed E-state index contributed by atoms with van der Waals surface area (Å²) in [6.07, 6.45) is 0.577. The van der Waals surface area contributed by atoms with Crippen LogP contribution in [0.5, 0.6) is 0 Å². The monoisotopic (exact) mass is 431 g/mol. The van der Waals surface area contributed by atoms with Gasteiger partial charge in [-0.1, -0.05) is 61.5 Å². The molecule has 0 bridgehead atoms. The van der Waals surface area contributed by atoms with Crippen LogP contribution in [0.2, 0.25) is 0 Å². The summed E-state index contributed by atoms with van der Waals surface area (Å²) < 4.78 is 6.97. The third-order valence-electron chi connectivity index (χ3n) is 5.42. The second-order valence-corrected chi connectivity index (χ2v) is 7.08. The number of rotatable bonds is 5. The lowest BCUT2D eigenvalue weighted by Crippen LogP contribution is -2.13. The van der Waals surface area contributed by atoms with Gasteiger partial charge in [-0.25, -0.2) is 4.79 Å². The van der Waals surface area contributed by atoms with Crippen molar-refractivity contribution in [3.05, 3.63) is 83.0 Å². The number of aryl methyl sites for hydroxylation is 1. The normalized spacial score (nSPS) is 11.2. The average Bonchev–Trinajstić information content (AvgIpc) is 3.11. The maximum atomic E-state index is 12.7. The minimum Gasteiger partial charge on any atom is -0.464 e. The topological polar surface area (TPSA) is 78.8 Å². The number of nitrogens with two attached hydrogens (primary N) is 1. The summed E-state index contributed by atoms with van der Waals surface area (Å²) in [5, 5.41) is 7.08. The van der Waals surface area contributed by atoms with Crippen LogP contribution in [0.3, 0.4) is 0 Å². The van der Waals surface area contributed by atoms with Crippen LogP contribution in [-0.4, -0.2) is 30.6 Å².